The zero-order chi connectivity index (χ0) is 18.2. The van der Waals surface area contributed by atoms with Crippen molar-refractivity contribution >= 4 is 17.3 Å². The van der Waals surface area contributed by atoms with Crippen LogP contribution in [0.3, 0.4) is 0 Å². The number of pyridine rings is 1. The van der Waals surface area contributed by atoms with Gasteiger partial charge in [0.05, 0.1) is 17.3 Å². The van der Waals surface area contributed by atoms with E-state index in [1.54, 1.807) is 24.4 Å². The maximum Gasteiger partial charge on any atom is 0.278 e. The maximum atomic E-state index is 12.8. The second-order valence-corrected chi connectivity index (χ2v) is 6.96. The summed E-state index contributed by atoms with van der Waals surface area (Å²) in [5, 5.41) is 11.8. The fraction of sp³-hybridized carbons (Fsp3) is 0.250. The second kappa shape index (κ2) is 6.06. The van der Waals surface area contributed by atoms with E-state index in [2.05, 4.69) is 31.3 Å². The molecule has 0 fully saturated rings. The fourth-order valence-corrected chi connectivity index (χ4v) is 3.20. The Bertz CT molecular complexity index is 991. The third-order valence-electron chi connectivity index (χ3n) is 4.21. The number of carbonyl (C=O) groups excluding carboxylic acids is 1. The van der Waals surface area contributed by atoms with Crippen LogP contribution in [0.4, 0.5) is 5.69 Å². The number of benzene rings is 1. The molecule has 0 spiro atoms. The van der Waals surface area contributed by atoms with Crippen LogP contribution in [0.25, 0.3) is 5.70 Å². The second-order valence-electron chi connectivity index (χ2n) is 6.96. The van der Waals surface area contributed by atoms with Crippen molar-refractivity contribution in [2.24, 2.45) is 5.41 Å². The topological polar surface area (TPSA) is 74.9 Å². The van der Waals surface area contributed by atoms with Crippen LogP contribution in [0.2, 0.25) is 0 Å². The molecular formula is C20H19N3O2. The van der Waals surface area contributed by atoms with Crippen LogP contribution in [0.15, 0.2) is 47.4 Å². The molecular weight excluding hydrogens is 314 g/mol. The Morgan fingerprint density at radius 2 is 2.08 bits per heavy atom. The molecule has 5 nitrogen and oxygen atoms in total. The predicted molar refractivity (Wildman–Crippen MR) is 97.0 cm³/mol. The van der Waals surface area contributed by atoms with Gasteiger partial charge in [0.1, 0.15) is 5.69 Å². The summed E-state index contributed by atoms with van der Waals surface area (Å²) in [7, 11) is 0. The first-order valence-electron chi connectivity index (χ1n) is 8.07. The van der Waals surface area contributed by atoms with E-state index in [1.807, 2.05) is 12.1 Å². The first kappa shape index (κ1) is 16.7. The van der Waals surface area contributed by atoms with Crippen molar-refractivity contribution in [1.82, 2.24) is 4.57 Å². The van der Waals surface area contributed by atoms with Gasteiger partial charge in [-0.15, -0.1) is 0 Å². The lowest BCUT2D eigenvalue weighted by Crippen LogP contribution is -2.28. The first-order chi connectivity index (χ1) is 11.8. The summed E-state index contributed by atoms with van der Waals surface area (Å²) in [4.78, 5) is 24.1. The average molecular weight is 333 g/mol. The van der Waals surface area contributed by atoms with E-state index < -0.39 is 0 Å². The van der Waals surface area contributed by atoms with Gasteiger partial charge >= 0.3 is 0 Å². The van der Waals surface area contributed by atoms with Crippen molar-refractivity contribution in [3.05, 3.63) is 69.6 Å². The number of anilines is 1. The molecule has 2 aromatic rings. The molecule has 0 saturated carbocycles. The smallest absolute Gasteiger partial charge is 0.278 e. The molecule has 1 heterocycles. The van der Waals surface area contributed by atoms with Crippen LogP contribution >= 0.6 is 0 Å². The standard InChI is InChI=1S/C20H19N3O2/c1-13(24)22-17-5-4-8-23(19(17)25)18-11-20(2,3)10-15-7-6-14(12-21)9-16(15)18/h4-9,11H,10H2,1-3H3,(H,22,24). The number of rotatable bonds is 2. The monoisotopic (exact) mass is 333 g/mol. The molecule has 5 heteroatoms. The molecule has 1 amide bonds. The van der Waals surface area contributed by atoms with Crippen LogP contribution in [-0.4, -0.2) is 10.5 Å². The summed E-state index contributed by atoms with van der Waals surface area (Å²) in [6.45, 7) is 5.59. The van der Waals surface area contributed by atoms with Crippen molar-refractivity contribution in [1.29, 1.82) is 5.26 Å². The van der Waals surface area contributed by atoms with Gasteiger partial charge in [0.15, 0.2) is 0 Å². The zero-order valence-electron chi connectivity index (χ0n) is 14.5. The molecule has 0 bridgehead atoms. The highest BCUT2D eigenvalue weighted by molar-refractivity contribution is 5.88. The van der Waals surface area contributed by atoms with Crippen LogP contribution in [0, 0.1) is 16.7 Å². The summed E-state index contributed by atoms with van der Waals surface area (Å²) < 4.78 is 1.53. The van der Waals surface area contributed by atoms with Crippen molar-refractivity contribution < 1.29 is 4.79 Å². The lowest BCUT2D eigenvalue weighted by Gasteiger charge is -2.30. The number of nitriles is 1. The van der Waals surface area contributed by atoms with Crippen LogP contribution in [0.1, 0.15) is 37.5 Å². The van der Waals surface area contributed by atoms with Crippen molar-refractivity contribution in [3.8, 4) is 6.07 Å². The zero-order valence-corrected chi connectivity index (χ0v) is 14.5. The molecule has 1 aromatic carbocycles. The van der Waals surface area contributed by atoms with Gasteiger partial charge in [0, 0.05) is 18.7 Å². The molecule has 0 aliphatic heterocycles. The number of hydrogen-bond acceptors (Lipinski definition) is 3. The molecule has 0 atom stereocenters. The number of allylic oxidation sites excluding steroid dienone is 1. The van der Waals surface area contributed by atoms with Gasteiger partial charge in [-0.05, 0) is 41.7 Å². The van der Waals surface area contributed by atoms with E-state index in [0.717, 1.165) is 23.2 Å². The normalized spacial score (nSPS) is 14.9. The number of hydrogen-bond donors (Lipinski definition) is 1. The summed E-state index contributed by atoms with van der Waals surface area (Å²) in [5.74, 6) is -0.292. The highest BCUT2D eigenvalue weighted by Gasteiger charge is 2.27. The molecule has 1 aromatic heterocycles. The SMILES string of the molecule is CC(=O)Nc1cccn(C2=CC(C)(C)Cc3ccc(C#N)cc32)c1=O. The van der Waals surface area contributed by atoms with E-state index in [0.29, 0.717) is 5.56 Å². The summed E-state index contributed by atoms with van der Waals surface area (Å²) in [5.41, 5.74) is 3.07. The summed E-state index contributed by atoms with van der Waals surface area (Å²) >= 11 is 0. The Morgan fingerprint density at radius 1 is 1.32 bits per heavy atom. The molecule has 126 valence electrons. The predicted octanol–water partition coefficient (Wildman–Crippen LogP) is 3.15. The Kier molecular flexibility index (Phi) is 4.05. The van der Waals surface area contributed by atoms with Crippen molar-refractivity contribution in [3.63, 3.8) is 0 Å². The minimum Gasteiger partial charge on any atom is -0.322 e. The number of amides is 1. The Balaban J connectivity index is 2.23. The summed E-state index contributed by atoms with van der Waals surface area (Å²) in [6.07, 6.45) is 4.57. The lowest BCUT2D eigenvalue weighted by molar-refractivity contribution is -0.114. The molecule has 0 saturated heterocycles. The largest absolute Gasteiger partial charge is 0.322 e. The van der Waals surface area contributed by atoms with E-state index in [-0.39, 0.29) is 22.6 Å². The van der Waals surface area contributed by atoms with Crippen LogP contribution in [0.5, 0.6) is 0 Å². The van der Waals surface area contributed by atoms with Gasteiger partial charge in [-0.2, -0.15) is 5.26 Å². The molecule has 25 heavy (non-hydrogen) atoms. The van der Waals surface area contributed by atoms with Crippen LogP contribution < -0.4 is 10.9 Å². The number of nitrogens with zero attached hydrogens (tertiary/aromatic N) is 2. The van der Waals surface area contributed by atoms with E-state index in [1.165, 1.54) is 11.5 Å². The minimum absolute atomic E-state index is 0.125. The minimum atomic E-state index is -0.296. The van der Waals surface area contributed by atoms with Gasteiger partial charge in [-0.25, -0.2) is 0 Å². The molecule has 3 rings (SSSR count). The van der Waals surface area contributed by atoms with E-state index in [4.69, 9.17) is 0 Å². The molecule has 1 N–H and O–H groups in total. The van der Waals surface area contributed by atoms with Gasteiger partial charge in [-0.3, -0.25) is 14.2 Å². The van der Waals surface area contributed by atoms with Crippen LogP contribution in [-0.2, 0) is 11.2 Å². The Labute approximate surface area is 146 Å². The highest BCUT2D eigenvalue weighted by atomic mass is 16.2. The Morgan fingerprint density at radius 3 is 2.76 bits per heavy atom. The van der Waals surface area contributed by atoms with Gasteiger partial charge in [-0.1, -0.05) is 26.0 Å². The van der Waals surface area contributed by atoms with Gasteiger partial charge in [0.2, 0.25) is 5.91 Å². The number of nitrogens with one attached hydrogen (secondary N) is 1. The molecule has 1 aliphatic carbocycles. The number of fused-ring (bicyclic) bond motifs is 1. The first-order valence-corrected chi connectivity index (χ1v) is 8.07. The number of carbonyl (C=O) groups is 1. The highest BCUT2D eigenvalue weighted by Crippen LogP contribution is 2.37. The third kappa shape index (κ3) is 3.24. The van der Waals surface area contributed by atoms with Crippen molar-refractivity contribution in [2.45, 2.75) is 27.2 Å². The molecule has 0 radical (unpaired) electrons. The molecule has 1 aliphatic rings. The summed E-state index contributed by atoms with van der Waals surface area (Å²) in [6, 6.07) is 11.0. The lowest BCUT2D eigenvalue weighted by atomic mass is 9.77. The molecule has 0 unspecified atom stereocenters. The quantitative estimate of drug-likeness (QED) is 0.917. The van der Waals surface area contributed by atoms with E-state index in [9.17, 15) is 14.9 Å². The average Bonchev–Trinajstić information content (AvgIpc) is 2.54. The third-order valence-corrected chi connectivity index (χ3v) is 4.21. The van der Waals surface area contributed by atoms with Gasteiger partial charge in [0.25, 0.3) is 5.56 Å². The fourth-order valence-electron chi connectivity index (χ4n) is 3.20. The maximum absolute atomic E-state index is 12.8. The van der Waals surface area contributed by atoms with Crippen molar-refractivity contribution in [2.75, 3.05) is 5.32 Å². The van der Waals surface area contributed by atoms with E-state index >= 15 is 0 Å². The van der Waals surface area contributed by atoms with Gasteiger partial charge < -0.3 is 5.32 Å². The Hall–Kier alpha value is -3.13. The number of aromatic nitrogens is 1.